The van der Waals surface area contributed by atoms with Crippen LogP contribution in [0.4, 0.5) is 10.5 Å². The third kappa shape index (κ3) is 8.82. The maximum atomic E-state index is 13.2. The van der Waals surface area contributed by atoms with Gasteiger partial charge in [-0.05, 0) is 80.9 Å². The Kier molecular flexibility index (Phi) is 11.4. The molecule has 3 amide bonds. The lowest BCUT2D eigenvalue weighted by Gasteiger charge is -2.33. The lowest BCUT2D eigenvalue weighted by Crippen LogP contribution is -2.42. The first-order chi connectivity index (χ1) is 23.4. The van der Waals surface area contributed by atoms with Crippen molar-refractivity contribution in [3.8, 4) is 11.1 Å². The molecule has 3 saturated heterocycles. The van der Waals surface area contributed by atoms with Crippen LogP contribution in [0.3, 0.4) is 0 Å². The molecule has 3 heterocycles. The van der Waals surface area contributed by atoms with Crippen LogP contribution in [0.25, 0.3) is 11.1 Å². The highest BCUT2D eigenvalue weighted by atomic mass is 16.6. The monoisotopic (exact) mass is 651 g/mol. The number of nitrogens with one attached hydrogen (secondary N) is 1. The molecule has 0 radical (unpaired) electrons. The van der Waals surface area contributed by atoms with Gasteiger partial charge in [0.25, 0.3) is 5.91 Å². The first kappa shape index (κ1) is 33.7. The Balaban J connectivity index is 0.885. The van der Waals surface area contributed by atoms with E-state index in [9.17, 15) is 14.4 Å². The van der Waals surface area contributed by atoms with Crippen molar-refractivity contribution in [1.29, 1.82) is 0 Å². The number of hydrogen-bond acceptors (Lipinski definition) is 6. The second-order valence-corrected chi connectivity index (χ2v) is 13.5. The fourth-order valence-corrected chi connectivity index (χ4v) is 7.16. The number of para-hydroxylation sites is 1. The molecule has 0 spiro atoms. The molecule has 254 valence electrons. The van der Waals surface area contributed by atoms with Crippen molar-refractivity contribution < 1.29 is 19.1 Å². The quantitative estimate of drug-likeness (QED) is 0.291. The van der Waals surface area contributed by atoms with Gasteiger partial charge < -0.3 is 19.4 Å². The van der Waals surface area contributed by atoms with Crippen LogP contribution in [0, 0.1) is 5.92 Å². The second-order valence-electron chi connectivity index (χ2n) is 13.5. The standard InChI is InChI=1S/C39H49N5O4/c1-41(37(45)32-15-13-30(14-16-32)29-43-23-17-33(18-24-43)38(46)44-21-7-8-22-44)27-28-42-25-19-34(20-26-42)48-39(47)40-36-12-6-5-11-35(36)31-9-3-2-4-10-31/h2-6,9-16,33-34H,7-8,17-29H2,1H3,(H,40,47). The van der Waals surface area contributed by atoms with E-state index in [1.165, 1.54) is 5.56 Å². The van der Waals surface area contributed by atoms with Crippen molar-refractivity contribution in [1.82, 2.24) is 19.6 Å². The molecule has 6 rings (SSSR count). The maximum Gasteiger partial charge on any atom is 0.411 e. The highest BCUT2D eigenvalue weighted by molar-refractivity contribution is 5.94. The van der Waals surface area contributed by atoms with E-state index in [0.29, 0.717) is 18.0 Å². The molecule has 0 aromatic heterocycles. The molecule has 0 aliphatic carbocycles. The minimum Gasteiger partial charge on any atom is -0.446 e. The van der Waals surface area contributed by atoms with E-state index in [1.54, 1.807) is 4.90 Å². The lowest BCUT2D eigenvalue weighted by molar-refractivity contribution is -0.136. The van der Waals surface area contributed by atoms with Crippen molar-refractivity contribution in [3.63, 3.8) is 0 Å². The largest absolute Gasteiger partial charge is 0.446 e. The molecule has 3 fully saturated rings. The Morgan fingerprint density at radius 3 is 2.12 bits per heavy atom. The maximum absolute atomic E-state index is 13.2. The number of rotatable bonds is 10. The molecule has 3 aromatic carbocycles. The van der Waals surface area contributed by atoms with E-state index in [4.69, 9.17) is 4.74 Å². The number of piperidine rings is 2. The average Bonchev–Trinajstić information content (AvgIpc) is 3.67. The summed E-state index contributed by atoms with van der Waals surface area (Å²) in [6, 6.07) is 25.7. The predicted molar refractivity (Wildman–Crippen MR) is 189 cm³/mol. The number of hydrogen-bond donors (Lipinski definition) is 1. The summed E-state index contributed by atoms with van der Waals surface area (Å²) in [6.45, 7) is 7.63. The summed E-state index contributed by atoms with van der Waals surface area (Å²) >= 11 is 0. The SMILES string of the molecule is CN(CCN1CCC(OC(=O)Nc2ccccc2-c2ccccc2)CC1)C(=O)c1ccc(CN2CCC(C(=O)N3CCCC3)CC2)cc1. The van der Waals surface area contributed by atoms with Crippen LogP contribution in [0.5, 0.6) is 0 Å². The zero-order valence-electron chi connectivity index (χ0n) is 28.2. The molecule has 1 N–H and O–H groups in total. The van der Waals surface area contributed by atoms with Gasteiger partial charge in [0.1, 0.15) is 6.10 Å². The molecule has 3 aliphatic rings. The van der Waals surface area contributed by atoms with Crippen molar-refractivity contribution in [3.05, 3.63) is 90.0 Å². The molecule has 0 bridgehead atoms. The molecule has 48 heavy (non-hydrogen) atoms. The fourth-order valence-electron chi connectivity index (χ4n) is 7.16. The van der Waals surface area contributed by atoms with E-state index in [-0.39, 0.29) is 17.9 Å². The number of likely N-dealkylation sites (N-methyl/N-ethyl adjacent to an activating group) is 1. The van der Waals surface area contributed by atoms with Gasteiger partial charge in [0.05, 0.1) is 5.69 Å². The first-order valence-electron chi connectivity index (χ1n) is 17.6. The minimum absolute atomic E-state index is 0.0217. The smallest absolute Gasteiger partial charge is 0.411 e. The van der Waals surface area contributed by atoms with Crippen LogP contribution in [-0.2, 0) is 16.1 Å². The number of carbonyl (C=O) groups is 3. The number of benzene rings is 3. The van der Waals surface area contributed by atoms with E-state index in [1.807, 2.05) is 73.8 Å². The molecule has 3 aromatic rings. The van der Waals surface area contributed by atoms with E-state index in [0.717, 1.165) is 108 Å². The van der Waals surface area contributed by atoms with Crippen LogP contribution >= 0.6 is 0 Å². The molecule has 3 aliphatic heterocycles. The van der Waals surface area contributed by atoms with Gasteiger partial charge in [0.2, 0.25) is 5.91 Å². The van der Waals surface area contributed by atoms with Crippen LogP contribution in [0.1, 0.15) is 54.4 Å². The number of amides is 3. The van der Waals surface area contributed by atoms with Crippen LogP contribution in [0.2, 0.25) is 0 Å². The molecule has 0 saturated carbocycles. The predicted octanol–water partition coefficient (Wildman–Crippen LogP) is 5.97. The first-order valence-corrected chi connectivity index (χ1v) is 17.6. The fraction of sp³-hybridized carbons (Fsp3) is 0.462. The summed E-state index contributed by atoms with van der Waals surface area (Å²) < 4.78 is 5.79. The summed E-state index contributed by atoms with van der Waals surface area (Å²) in [5.41, 5.74) is 4.62. The Morgan fingerprint density at radius 2 is 1.42 bits per heavy atom. The Hall–Kier alpha value is -4.21. The summed E-state index contributed by atoms with van der Waals surface area (Å²) in [7, 11) is 1.86. The van der Waals surface area contributed by atoms with Crippen LogP contribution < -0.4 is 5.32 Å². The third-order valence-electron chi connectivity index (χ3n) is 10.1. The summed E-state index contributed by atoms with van der Waals surface area (Å²) in [6.07, 6.45) is 5.11. The number of anilines is 1. The molecular formula is C39H49N5O4. The number of carbonyl (C=O) groups excluding carboxylic acids is 3. The van der Waals surface area contributed by atoms with Crippen LogP contribution in [0.15, 0.2) is 78.9 Å². The van der Waals surface area contributed by atoms with Gasteiger partial charge in [-0.25, -0.2) is 4.79 Å². The third-order valence-corrected chi connectivity index (χ3v) is 10.1. The number of likely N-dealkylation sites (tertiary alicyclic amines) is 3. The van der Waals surface area contributed by atoms with Gasteiger partial charge in [0, 0.05) is 69.9 Å². The topological polar surface area (TPSA) is 85.4 Å². The van der Waals surface area contributed by atoms with E-state index < -0.39 is 6.09 Å². The molecule has 0 unspecified atom stereocenters. The zero-order chi connectivity index (χ0) is 33.3. The van der Waals surface area contributed by atoms with Gasteiger partial charge in [-0.1, -0.05) is 60.7 Å². The number of nitrogens with zero attached hydrogens (tertiary/aromatic N) is 4. The Bertz CT molecular complexity index is 1510. The van der Waals surface area contributed by atoms with Crippen molar-refractivity contribution in [2.45, 2.75) is 51.2 Å². The van der Waals surface area contributed by atoms with E-state index in [2.05, 4.69) is 32.1 Å². The summed E-state index contributed by atoms with van der Waals surface area (Å²) in [4.78, 5) is 47.3. The van der Waals surface area contributed by atoms with Crippen molar-refractivity contribution >= 4 is 23.6 Å². The zero-order valence-corrected chi connectivity index (χ0v) is 28.2. The van der Waals surface area contributed by atoms with Gasteiger partial charge >= 0.3 is 6.09 Å². The summed E-state index contributed by atoms with van der Waals surface area (Å²) in [5.74, 6) is 0.558. The number of ether oxygens (including phenoxy) is 1. The molecule has 9 nitrogen and oxygen atoms in total. The summed E-state index contributed by atoms with van der Waals surface area (Å²) in [5, 5.41) is 2.94. The highest BCUT2D eigenvalue weighted by Crippen LogP contribution is 2.28. The Morgan fingerprint density at radius 1 is 0.771 bits per heavy atom. The normalized spacial score (nSPS) is 18.1. The molecule has 9 heteroatoms. The molecule has 0 atom stereocenters. The minimum atomic E-state index is -0.429. The van der Waals surface area contributed by atoms with Gasteiger partial charge in [-0.3, -0.25) is 19.8 Å². The van der Waals surface area contributed by atoms with Gasteiger partial charge in [-0.2, -0.15) is 0 Å². The van der Waals surface area contributed by atoms with Crippen molar-refractivity contribution in [2.24, 2.45) is 5.92 Å². The van der Waals surface area contributed by atoms with Gasteiger partial charge in [-0.15, -0.1) is 0 Å². The van der Waals surface area contributed by atoms with Gasteiger partial charge in [0.15, 0.2) is 0 Å². The van der Waals surface area contributed by atoms with E-state index >= 15 is 0 Å². The second kappa shape index (κ2) is 16.3. The molecular weight excluding hydrogens is 602 g/mol. The Labute approximate surface area is 284 Å². The van der Waals surface area contributed by atoms with Crippen molar-refractivity contribution in [2.75, 3.05) is 64.7 Å². The highest BCUT2D eigenvalue weighted by Gasteiger charge is 2.30. The van der Waals surface area contributed by atoms with Crippen LogP contribution in [-0.4, -0.2) is 103 Å². The lowest BCUT2D eigenvalue weighted by atomic mass is 9.95. The average molecular weight is 652 g/mol.